The Morgan fingerprint density at radius 1 is 1.24 bits per heavy atom. The fourth-order valence-corrected chi connectivity index (χ4v) is 4.35. The highest BCUT2D eigenvalue weighted by Gasteiger charge is 2.18. The maximum absolute atomic E-state index is 12.4. The van der Waals surface area contributed by atoms with Crippen molar-refractivity contribution in [1.29, 1.82) is 0 Å². The zero-order chi connectivity index (χ0) is 20.5. The molecule has 0 radical (unpaired) electrons. The Bertz CT molecular complexity index is 796. The van der Waals surface area contributed by atoms with Gasteiger partial charge in [-0.15, -0.1) is 16.8 Å². The van der Waals surface area contributed by atoms with Gasteiger partial charge in [0.05, 0.1) is 12.4 Å². The molecule has 7 heteroatoms. The average molecular weight is 415 g/mol. The van der Waals surface area contributed by atoms with Crippen LogP contribution >= 0.6 is 11.8 Å². The van der Waals surface area contributed by atoms with Crippen molar-refractivity contribution in [3.63, 3.8) is 0 Å². The molecule has 3 rings (SSSR count). The highest BCUT2D eigenvalue weighted by Crippen LogP contribution is 2.26. The molecule has 1 aliphatic carbocycles. The van der Waals surface area contributed by atoms with E-state index in [1.807, 2.05) is 41.8 Å². The van der Waals surface area contributed by atoms with E-state index in [1.54, 1.807) is 0 Å². The van der Waals surface area contributed by atoms with Crippen molar-refractivity contribution in [1.82, 2.24) is 20.1 Å². The molecule has 0 aliphatic heterocycles. The minimum Gasteiger partial charge on any atom is -0.494 e. The molecule has 0 saturated heterocycles. The first-order valence-electron chi connectivity index (χ1n) is 10.4. The van der Waals surface area contributed by atoms with Gasteiger partial charge in [-0.25, -0.2) is 0 Å². The first-order valence-corrected chi connectivity index (χ1v) is 11.4. The van der Waals surface area contributed by atoms with E-state index in [0.29, 0.717) is 24.9 Å². The Morgan fingerprint density at radius 2 is 1.97 bits per heavy atom. The minimum absolute atomic E-state index is 0.0673. The summed E-state index contributed by atoms with van der Waals surface area (Å²) in [4.78, 5) is 12.4. The quantitative estimate of drug-likeness (QED) is 0.373. The topological polar surface area (TPSA) is 69.0 Å². The van der Waals surface area contributed by atoms with Crippen LogP contribution in [-0.4, -0.2) is 39.1 Å². The van der Waals surface area contributed by atoms with Gasteiger partial charge in [-0.3, -0.25) is 9.36 Å². The van der Waals surface area contributed by atoms with Crippen molar-refractivity contribution in [3.8, 4) is 17.1 Å². The zero-order valence-corrected chi connectivity index (χ0v) is 17.9. The lowest BCUT2D eigenvalue weighted by atomic mass is 10.1. The van der Waals surface area contributed by atoms with Crippen LogP contribution in [0.25, 0.3) is 11.4 Å². The van der Waals surface area contributed by atoms with E-state index >= 15 is 0 Å². The summed E-state index contributed by atoms with van der Waals surface area (Å²) in [7, 11) is 0. The van der Waals surface area contributed by atoms with Crippen molar-refractivity contribution in [3.05, 3.63) is 36.9 Å². The van der Waals surface area contributed by atoms with Crippen molar-refractivity contribution >= 4 is 17.7 Å². The van der Waals surface area contributed by atoms with E-state index in [0.717, 1.165) is 35.1 Å². The molecular weight excluding hydrogens is 384 g/mol. The number of hydrogen-bond acceptors (Lipinski definition) is 5. The predicted octanol–water partition coefficient (Wildman–Crippen LogP) is 4.46. The second-order valence-electron chi connectivity index (χ2n) is 7.21. The molecular formula is C22H30N4O2S. The summed E-state index contributed by atoms with van der Waals surface area (Å²) in [6, 6.07) is 8.12. The molecule has 1 aliphatic rings. The molecule has 29 heavy (non-hydrogen) atoms. The number of hydrogen-bond donors (Lipinski definition) is 1. The summed E-state index contributed by atoms with van der Waals surface area (Å²) in [6.07, 6.45) is 8.96. The number of rotatable bonds is 9. The van der Waals surface area contributed by atoms with Crippen LogP contribution < -0.4 is 10.1 Å². The molecule has 1 aromatic heterocycles. The molecule has 1 fully saturated rings. The van der Waals surface area contributed by atoms with E-state index in [4.69, 9.17) is 4.74 Å². The lowest BCUT2D eigenvalue weighted by Gasteiger charge is -2.16. The molecule has 0 spiro atoms. The minimum atomic E-state index is 0.0673. The third-order valence-corrected chi connectivity index (χ3v) is 5.97. The van der Waals surface area contributed by atoms with Gasteiger partial charge in [0.1, 0.15) is 5.75 Å². The number of allylic oxidation sites excluding steroid dienone is 1. The van der Waals surface area contributed by atoms with Gasteiger partial charge in [-0.05, 0) is 44.0 Å². The predicted molar refractivity (Wildman–Crippen MR) is 117 cm³/mol. The standard InChI is InChI=1S/C22H30N4O2S/c1-3-15-26-21(17-11-13-19(14-12-17)28-4-2)24-25-22(26)29-16-20(27)23-18-9-7-5-6-8-10-18/h3,11-14,18H,1,4-10,15-16H2,2H3,(H,23,27). The second kappa shape index (κ2) is 11.0. The third kappa shape index (κ3) is 6.10. The van der Waals surface area contributed by atoms with E-state index in [-0.39, 0.29) is 5.91 Å². The van der Waals surface area contributed by atoms with Gasteiger partial charge >= 0.3 is 0 Å². The largest absolute Gasteiger partial charge is 0.494 e. The number of ether oxygens (including phenoxy) is 1. The molecule has 1 aromatic carbocycles. The smallest absolute Gasteiger partial charge is 0.230 e. The number of aromatic nitrogens is 3. The summed E-state index contributed by atoms with van der Waals surface area (Å²) in [5, 5.41) is 12.6. The molecule has 2 aromatic rings. The number of amides is 1. The summed E-state index contributed by atoms with van der Waals surface area (Å²) >= 11 is 1.42. The van der Waals surface area contributed by atoms with Crippen LogP contribution in [0.4, 0.5) is 0 Å². The average Bonchev–Trinajstić information content (AvgIpc) is 2.94. The van der Waals surface area contributed by atoms with Gasteiger partial charge in [0.25, 0.3) is 0 Å². The van der Waals surface area contributed by atoms with Crippen molar-refractivity contribution in [2.45, 2.75) is 63.2 Å². The molecule has 0 unspecified atom stereocenters. The Balaban J connectivity index is 1.64. The third-order valence-electron chi connectivity index (χ3n) is 5.00. The van der Waals surface area contributed by atoms with Gasteiger partial charge in [0.15, 0.2) is 11.0 Å². The number of nitrogens with one attached hydrogen (secondary N) is 1. The fourth-order valence-electron chi connectivity index (χ4n) is 3.59. The van der Waals surface area contributed by atoms with Crippen LogP contribution in [0.3, 0.4) is 0 Å². The van der Waals surface area contributed by atoms with Gasteiger partial charge in [0.2, 0.25) is 5.91 Å². The fraction of sp³-hybridized carbons (Fsp3) is 0.500. The Morgan fingerprint density at radius 3 is 2.62 bits per heavy atom. The van der Waals surface area contributed by atoms with E-state index in [9.17, 15) is 4.79 Å². The van der Waals surface area contributed by atoms with Crippen molar-refractivity contribution in [2.24, 2.45) is 0 Å². The van der Waals surface area contributed by atoms with Crippen LogP contribution in [0.2, 0.25) is 0 Å². The maximum Gasteiger partial charge on any atom is 0.230 e. The Hall–Kier alpha value is -2.28. The molecule has 1 N–H and O–H groups in total. The highest BCUT2D eigenvalue weighted by molar-refractivity contribution is 7.99. The van der Waals surface area contributed by atoms with Crippen LogP contribution in [0, 0.1) is 0 Å². The molecule has 1 heterocycles. The van der Waals surface area contributed by atoms with Gasteiger partial charge in [-0.2, -0.15) is 0 Å². The molecule has 6 nitrogen and oxygen atoms in total. The van der Waals surface area contributed by atoms with Gasteiger partial charge < -0.3 is 10.1 Å². The van der Waals surface area contributed by atoms with E-state index in [2.05, 4.69) is 22.1 Å². The lowest BCUT2D eigenvalue weighted by molar-refractivity contribution is -0.119. The highest BCUT2D eigenvalue weighted by atomic mass is 32.2. The second-order valence-corrected chi connectivity index (χ2v) is 8.15. The molecule has 1 saturated carbocycles. The molecule has 0 bridgehead atoms. The van der Waals surface area contributed by atoms with Crippen molar-refractivity contribution in [2.75, 3.05) is 12.4 Å². The normalized spacial score (nSPS) is 14.9. The first kappa shape index (κ1) is 21.4. The SMILES string of the molecule is C=CCn1c(SCC(=O)NC2CCCCCC2)nnc1-c1ccc(OCC)cc1. The molecule has 156 valence electrons. The summed E-state index contributed by atoms with van der Waals surface area (Å²) in [5.41, 5.74) is 0.956. The van der Waals surface area contributed by atoms with Crippen LogP contribution in [0.15, 0.2) is 42.1 Å². The van der Waals surface area contributed by atoms with E-state index in [1.165, 1.54) is 37.4 Å². The molecule has 0 atom stereocenters. The Labute approximate surface area is 177 Å². The van der Waals surface area contributed by atoms with E-state index < -0.39 is 0 Å². The number of carbonyl (C=O) groups excluding carboxylic acids is 1. The Kier molecular flexibility index (Phi) is 8.16. The first-order chi connectivity index (χ1) is 14.2. The number of carbonyl (C=O) groups is 1. The van der Waals surface area contributed by atoms with Crippen LogP contribution in [0.1, 0.15) is 45.4 Å². The summed E-state index contributed by atoms with van der Waals surface area (Å²) in [6.45, 7) is 7.03. The van der Waals surface area contributed by atoms with Crippen molar-refractivity contribution < 1.29 is 9.53 Å². The molecule has 1 amide bonds. The monoisotopic (exact) mass is 414 g/mol. The summed E-state index contributed by atoms with van der Waals surface area (Å²) in [5.74, 6) is 2.00. The summed E-state index contributed by atoms with van der Waals surface area (Å²) < 4.78 is 7.50. The lowest BCUT2D eigenvalue weighted by Crippen LogP contribution is -2.35. The van der Waals surface area contributed by atoms with Crippen LogP contribution in [-0.2, 0) is 11.3 Å². The maximum atomic E-state index is 12.4. The zero-order valence-electron chi connectivity index (χ0n) is 17.1. The van der Waals surface area contributed by atoms with Crippen LogP contribution in [0.5, 0.6) is 5.75 Å². The van der Waals surface area contributed by atoms with Gasteiger partial charge in [-0.1, -0.05) is 43.5 Å². The van der Waals surface area contributed by atoms with Gasteiger partial charge in [0, 0.05) is 18.2 Å². The number of thioether (sulfide) groups is 1. The number of benzene rings is 1. The number of nitrogens with zero attached hydrogens (tertiary/aromatic N) is 3.